The third-order valence-electron chi connectivity index (χ3n) is 2.44. The molecule has 2 atom stereocenters. The van der Waals surface area contributed by atoms with Gasteiger partial charge in [0.05, 0.1) is 12.2 Å². The number of nitrogens with zero attached hydrogens (tertiary/aromatic N) is 2. The van der Waals surface area contributed by atoms with Crippen LogP contribution in [0.3, 0.4) is 0 Å². The molecular weight excluding hydrogens is 212 g/mol. The molecule has 1 aliphatic rings. The van der Waals surface area contributed by atoms with Gasteiger partial charge in [-0.05, 0) is 26.0 Å². The molecule has 2 heterocycles. The normalized spacial score (nSPS) is 26.7. The number of hydrogen-bond donors (Lipinski definition) is 0. The van der Waals surface area contributed by atoms with Crippen LogP contribution >= 0.6 is 11.6 Å². The number of hydrogen-bond acceptors (Lipinski definition) is 3. The predicted molar refractivity (Wildman–Crippen MR) is 61.5 cm³/mol. The fraction of sp³-hybridized carbons (Fsp3) is 0.545. The van der Waals surface area contributed by atoms with Crippen molar-refractivity contribution < 1.29 is 4.74 Å². The zero-order chi connectivity index (χ0) is 10.8. The first kappa shape index (κ1) is 10.7. The van der Waals surface area contributed by atoms with Crippen molar-refractivity contribution in [2.45, 2.75) is 26.1 Å². The van der Waals surface area contributed by atoms with Crippen LogP contribution in [0.5, 0.6) is 0 Å². The quantitative estimate of drug-likeness (QED) is 0.688. The van der Waals surface area contributed by atoms with Crippen molar-refractivity contribution in [2.24, 2.45) is 0 Å². The average Bonchev–Trinajstić information content (AvgIpc) is 2.16. The summed E-state index contributed by atoms with van der Waals surface area (Å²) in [5, 5.41) is 0.541. The molecule has 0 radical (unpaired) electrons. The summed E-state index contributed by atoms with van der Waals surface area (Å²) in [6.45, 7) is 5.90. The lowest BCUT2D eigenvalue weighted by Gasteiger charge is -2.36. The summed E-state index contributed by atoms with van der Waals surface area (Å²) in [6.07, 6.45) is 0.490. The molecule has 0 bridgehead atoms. The molecule has 4 heteroatoms. The monoisotopic (exact) mass is 226 g/mol. The van der Waals surface area contributed by atoms with Gasteiger partial charge in [-0.2, -0.15) is 0 Å². The molecule has 1 saturated heterocycles. The van der Waals surface area contributed by atoms with Crippen molar-refractivity contribution in [3.05, 3.63) is 23.4 Å². The summed E-state index contributed by atoms with van der Waals surface area (Å²) in [5.74, 6) is 0.935. The van der Waals surface area contributed by atoms with E-state index in [1.165, 1.54) is 0 Å². The molecule has 1 aromatic rings. The Hall–Kier alpha value is -0.800. The Balaban J connectivity index is 2.16. The molecule has 0 aromatic carbocycles. The number of halogens is 1. The Bertz CT molecular complexity index is 335. The Morgan fingerprint density at radius 3 is 2.60 bits per heavy atom. The second-order valence-corrected chi connectivity index (χ2v) is 4.37. The van der Waals surface area contributed by atoms with E-state index in [1.807, 2.05) is 12.1 Å². The summed E-state index contributed by atoms with van der Waals surface area (Å²) < 4.78 is 5.67. The van der Waals surface area contributed by atoms with Gasteiger partial charge in [0, 0.05) is 13.1 Å². The third kappa shape index (κ3) is 2.61. The minimum absolute atomic E-state index is 0.245. The number of anilines is 1. The van der Waals surface area contributed by atoms with Crippen LogP contribution in [0.2, 0.25) is 5.15 Å². The standard InChI is InChI=1S/C11H15ClN2O/c1-8-6-14(7-9(2)15-8)11-5-3-4-10(12)13-11/h3-5,8-9H,6-7H2,1-2H3. The van der Waals surface area contributed by atoms with Gasteiger partial charge in [-0.15, -0.1) is 0 Å². The van der Waals surface area contributed by atoms with Crippen molar-refractivity contribution in [3.63, 3.8) is 0 Å². The maximum Gasteiger partial charge on any atom is 0.131 e. The summed E-state index contributed by atoms with van der Waals surface area (Å²) >= 11 is 5.87. The van der Waals surface area contributed by atoms with E-state index in [-0.39, 0.29) is 12.2 Å². The lowest BCUT2D eigenvalue weighted by molar-refractivity contribution is -0.00545. The first-order valence-electron chi connectivity index (χ1n) is 5.18. The molecule has 0 saturated carbocycles. The SMILES string of the molecule is CC1CN(c2cccc(Cl)n2)CC(C)O1. The van der Waals surface area contributed by atoms with Crippen LogP contribution < -0.4 is 4.90 Å². The van der Waals surface area contributed by atoms with Gasteiger partial charge in [-0.3, -0.25) is 0 Å². The molecule has 3 nitrogen and oxygen atoms in total. The van der Waals surface area contributed by atoms with Crippen molar-refractivity contribution >= 4 is 17.4 Å². The van der Waals surface area contributed by atoms with E-state index in [2.05, 4.69) is 23.7 Å². The minimum Gasteiger partial charge on any atom is -0.372 e. The van der Waals surface area contributed by atoms with E-state index >= 15 is 0 Å². The Kier molecular flexibility index (Phi) is 3.12. The zero-order valence-electron chi connectivity index (χ0n) is 8.98. The molecule has 0 spiro atoms. The van der Waals surface area contributed by atoms with Gasteiger partial charge < -0.3 is 9.64 Å². The molecule has 0 amide bonds. The summed E-state index contributed by atoms with van der Waals surface area (Å²) in [5.41, 5.74) is 0. The van der Waals surface area contributed by atoms with Crippen LogP contribution in [-0.4, -0.2) is 30.3 Å². The second-order valence-electron chi connectivity index (χ2n) is 3.98. The van der Waals surface area contributed by atoms with Crippen molar-refractivity contribution in [1.82, 2.24) is 4.98 Å². The maximum atomic E-state index is 5.87. The molecular formula is C11H15ClN2O. The topological polar surface area (TPSA) is 25.4 Å². The average molecular weight is 227 g/mol. The molecule has 1 fully saturated rings. The highest BCUT2D eigenvalue weighted by molar-refractivity contribution is 6.29. The Morgan fingerprint density at radius 2 is 2.00 bits per heavy atom. The Labute approximate surface area is 95.0 Å². The van der Waals surface area contributed by atoms with E-state index < -0.39 is 0 Å². The van der Waals surface area contributed by atoms with Gasteiger partial charge in [-0.1, -0.05) is 17.7 Å². The van der Waals surface area contributed by atoms with Gasteiger partial charge in [0.2, 0.25) is 0 Å². The highest BCUT2D eigenvalue weighted by Gasteiger charge is 2.22. The van der Waals surface area contributed by atoms with Gasteiger partial charge in [0.15, 0.2) is 0 Å². The maximum absolute atomic E-state index is 5.87. The van der Waals surface area contributed by atoms with Crippen LogP contribution in [0.1, 0.15) is 13.8 Å². The molecule has 15 heavy (non-hydrogen) atoms. The molecule has 1 aliphatic heterocycles. The smallest absolute Gasteiger partial charge is 0.131 e. The van der Waals surface area contributed by atoms with E-state index in [4.69, 9.17) is 16.3 Å². The highest BCUT2D eigenvalue weighted by Crippen LogP contribution is 2.19. The summed E-state index contributed by atoms with van der Waals surface area (Å²) in [6, 6.07) is 5.70. The molecule has 0 N–H and O–H groups in total. The fourth-order valence-corrected chi connectivity index (χ4v) is 2.10. The molecule has 0 aliphatic carbocycles. The van der Waals surface area contributed by atoms with Crippen LogP contribution in [-0.2, 0) is 4.74 Å². The number of ether oxygens (including phenoxy) is 1. The van der Waals surface area contributed by atoms with Gasteiger partial charge in [-0.25, -0.2) is 4.98 Å². The molecule has 2 unspecified atom stereocenters. The van der Waals surface area contributed by atoms with E-state index in [9.17, 15) is 0 Å². The van der Waals surface area contributed by atoms with Crippen molar-refractivity contribution in [2.75, 3.05) is 18.0 Å². The molecule has 82 valence electrons. The van der Waals surface area contributed by atoms with Crippen LogP contribution in [0, 0.1) is 0 Å². The van der Waals surface area contributed by atoms with Crippen LogP contribution in [0.25, 0.3) is 0 Å². The van der Waals surface area contributed by atoms with Crippen molar-refractivity contribution in [1.29, 1.82) is 0 Å². The Morgan fingerprint density at radius 1 is 1.33 bits per heavy atom. The van der Waals surface area contributed by atoms with Gasteiger partial charge >= 0.3 is 0 Å². The second kappa shape index (κ2) is 4.37. The molecule has 1 aromatic heterocycles. The highest BCUT2D eigenvalue weighted by atomic mass is 35.5. The number of morpholine rings is 1. The van der Waals surface area contributed by atoms with Gasteiger partial charge in [0.1, 0.15) is 11.0 Å². The number of rotatable bonds is 1. The first-order valence-corrected chi connectivity index (χ1v) is 5.56. The third-order valence-corrected chi connectivity index (χ3v) is 2.65. The van der Waals surface area contributed by atoms with Crippen LogP contribution in [0.4, 0.5) is 5.82 Å². The lowest BCUT2D eigenvalue weighted by atomic mass is 10.2. The largest absolute Gasteiger partial charge is 0.372 e. The lowest BCUT2D eigenvalue weighted by Crippen LogP contribution is -2.45. The van der Waals surface area contributed by atoms with Gasteiger partial charge in [0.25, 0.3) is 0 Å². The fourth-order valence-electron chi connectivity index (χ4n) is 1.94. The van der Waals surface area contributed by atoms with E-state index in [0.717, 1.165) is 18.9 Å². The van der Waals surface area contributed by atoms with Crippen molar-refractivity contribution in [3.8, 4) is 0 Å². The van der Waals surface area contributed by atoms with E-state index in [1.54, 1.807) is 6.07 Å². The summed E-state index contributed by atoms with van der Waals surface area (Å²) in [4.78, 5) is 6.51. The predicted octanol–water partition coefficient (Wildman–Crippen LogP) is 2.35. The first-order chi connectivity index (χ1) is 7.15. The minimum atomic E-state index is 0.245. The number of pyridine rings is 1. The van der Waals surface area contributed by atoms with E-state index in [0.29, 0.717) is 5.15 Å². The molecule has 2 rings (SSSR count). The number of aromatic nitrogens is 1. The zero-order valence-corrected chi connectivity index (χ0v) is 9.74. The summed E-state index contributed by atoms with van der Waals surface area (Å²) in [7, 11) is 0. The van der Waals surface area contributed by atoms with Crippen LogP contribution in [0.15, 0.2) is 18.2 Å².